The smallest absolute Gasteiger partial charge is 0.334 e. The van der Waals surface area contributed by atoms with Crippen LogP contribution in [0, 0.1) is 0 Å². The van der Waals surface area contributed by atoms with E-state index < -0.39 is 5.97 Å². The molecule has 0 bridgehead atoms. The highest BCUT2D eigenvalue weighted by Crippen LogP contribution is 2.28. The van der Waals surface area contributed by atoms with E-state index >= 15 is 0 Å². The standard InChI is InChI=1S/C19H24O6/c1-13(17(23-4)12-19(20)25-6)15(21-2)9-7-14-8-10-16(22-3)18(11-14)24-5/h7-12H,1-6H3/b9-7+,15-13+,17-12-. The lowest BCUT2D eigenvalue weighted by molar-refractivity contribution is -0.135. The number of carbonyl (C=O) groups excluding carboxylic acids is 1. The lowest BCUT2D eigenvalue weighted by atomic mass is 10.1. The molecule has 0 saturated heterocycles. The maximum atomic E-state index is 11.4. The molecule has 0 saturated carbocycles. The zero-order valence-electron chi connectivity index (χ0n) is 15.4. The van der Waals surface area contributed by atoms with Crippen molar-refractivity contribution in [3.05, 3.63) is 53.0 Å². The first-order valence-corrected chi connectivity index (χ1v) is 7.49. The number of hydrogen-bond acceptors (Lipinski definition) is 6. The van der Waals surface area contributed by atoms with Gasteiger partial charge in [-0.05, 0) is 30.7 Å². The Morgan fingerprint density at radius 2 is 1.60 bits per heavy atom. The number of methoxy groups -OCH3 is 5. The molecule has 1 aromatic rings. The summed E-state index contributed by atoms with van der Waals surface area (Å²) < 4.78 is 25.8. The molecule has 0 aromatic heterocycles. The third-order valence-corrected chi connectivity index (χ3v) is 3.46. The van der Waals surface area contributed by atoms with Gasteiger partial charge in [0.15, 0.2) is 11.5 Å². The molecule has 0 unspecified atom stereocenters. The van der Waals surface area contributed by atoms with Gasteiger partial charge in [-0.2, -0.15) is 0 Å². The van der Waals surface area contributed by atoms with Crippen LogP contribution >= 0.6 is 0 Å². The molecule has 0 aliphatic carbocycles. The lowest BCUT2D eigenvalue weighted by Gasteiger charge is -2.11. The topological polar surface area (TPSA) is 63.2 Å². The largest absolute Gasteiger partial charge is 0.496 e. The Bertz CT molecular complexity index is 685. The normalized spacial score (nSPS) is 12.5. The van der Waals surface area contributed by atoms with Crippen LogP contribution in [0.1, 0.15) is 12.5 Å². The van der Waals surface area contributed by atoms with Crippen molar-refractivity contribution in [2.45, 2.75) is 6.92 Å². The van der Waals surface area contributed by atoms with E-state index in [0.29, 0.717) is 28.6 Å². The molecule has 0 aliphatic heterocycles. The second-order valence-electron chi connectivity index (χ2n) is 4.88. The highest BCUT2D eigenvalue weighted by Gasteiger charge is 2.10. The number of carbonyl (C=O) groups is 1. The molecule has 136 valence electrons. The van der Waals surface area contributed by atoms with Crippen molar-refractivity contribution in [2.75, 3.05) is 35.5 Å². The molecule has 0 aliphatic rings. The van der Waals surface area contributed by atoms with Crippen molar-refractivity contribution < 1.29 is 28.5 Å². The number of hydrogen-bond donors (Lipinski definition) is 0. The molecule has 0 radical (unpaired) electrons. The number of esters is 1. The molecule has 0 atom stereocenters. The van der Waals surface area contributed by atoms with Gasteiger partial charge in [0.25, 0.3) is 0 Å². The average Bonchev–Trinajstić information content (AvgIpc) is 2.65. The fourth-order valence-corrected chi connectivity index (χ4v) is 2.08. The summed E-state index contributed by atoms with van der Waals surface area (Å²) in [6.45, 7) is 1.79. The molecule has 25 heavy (non-hydrogen) atoms. The van der Waals surface area contributed by atoms with Gasteiger partial charge in [-0.15, -0.1) is 0 Å². The molecule has 0 spiro atoms. The van der Waals surface area contributed by atoms with Crippen LogP contribution in [0.15, 0.2) is 47.4 Å². The lowest BCUT2D eigenvalue weighted by Crippen LogP contribution is -2.02. The minimum absolute atomic E-state index is 0.362. The van der Waals surface area contributed by atoms with Gasteiger partial charge >= 0.3 is 5.97 Å². The van der Waals surface area contributed by atoms with Crippen LogP contribution in [-0.4, -0.2) is 41.5 Å². The van der Waals surface area contributed by atoms with Crippen molar-refractivity contribution in [2.24, 2.45) is 0 Å². The summed E-state index contributed by atoms with van der Waals surface area (Å²) in [5, 5.41) is 0. The predicted octanol–water partition coefficient (Wildman–Crippen LogP) is 3.34. The van der Waals surface area contributed by atoms with Crippen LogP contribution in [0.25, 0.3) is 6.08 Å². The minimum Gasteiger partial charge on any atom is -0.496 e. The number of ether oxygens (including phenoxy) is 5. The molecule has 1 aromatic carbocycles. The monoisotopic (exact) mass is 348 g/mol. The van der Waals surface area contributed by atoms with Gasteiger partial charge in [-0.3, -0.25) is 0 Å². The predicted molar refractivity (Wildman–Crippen MR) is 95.4 cm³/mol. The summed E-state index contributed by atoms with van der Waals surface area (Å²) in [5.74, 6) is 1.69. The molecule has 0 N–H and O–H groups in total. The van der Waals surface area contributed by atoms with E-state index in [1.165, 1.54) is 20.3 Å². The SMILES string of the molecule is COC(=O)/C=C(OC)/C(C)=C(\C=C\c1ccc(OC)c(OC)c1)OC. The summed E-state index contributed by atoms with van der Waals surface area (Å²) in [4.78, 5) is 11.4. The van der Waals surface area contributed by atoms with Crippen LogP contribution in [0.5, 0.6) is 11.5 Å². The summed E-state index contributed by atoms with van der Waals surface area (Å²) >= 11 is 0. The maximum Gasteiger partial charge on any atom is 0.334 e. The second kappa shape index (κ2) is 10.1. The van der Waals surface area contributed by atoms with E-state index in [1.54, 1.807) is 34.3 Å². The first-order valence-electron chi connectivity index (χ1n) is 7.49. The molecular weight excluding hydrogens is 324 g/mol. The Balaban J connectivity index is 3.17. The summed E-state index contributed by atoms with van der Waals surface area (Å²) in [7, 11) is 7.49. The van der Waals surface area contributed by atoms with Gasteiger partial charge in [0.2, 0.25) is 0 Å². The van der Waals surface area contributed by atoms with Crippen molar-refractivity contribution in [3.8, 4) is 11.5 Å². The van der Waals surface area contributed by atoms with Crippen LogP contribution in [0.2, 0.25) is 0 Å². The van der Waals surface area contributed by atoms with Crippen LogP contribution in [0.3, 0.4) is 0 Å². The van der Waals surface area contributed by atoms with Gasteiger partial charge in [0.05, 0.1) is 41.6 Å². The van der Waals surface area contributed by atoms with Crippen LogP contribution < -0.4 is 9.47 Å². The van der Waals surface area contributed by atoms with E-state index in [0.717, 1.165) is 5.56 Å². The molecular formula is C19H24O6. The van der Waals surface area contributed by atoms with E-state index in [-0.39, 0.29) is 0 Å². The molecule has 6 heteroatoms. The molecule has 6 nitrogen and oxygen atoms in total. The Morgan fingerprint density at radius 1 is 0.920 bits per heavy atom. The van der Waals surface area contributed by atoms with Gasteiger partial charge in [0, 0.05) is 5.57 Å². The first kappa shape index (κ1) is 20.2. The summed E-state index contributed by atoms with van der Waals surface area (Å²) in [6, 6.07) is 5.56. The first-order chi connectivity index (χ1) is 12.0. The second-order valence-corrected chi connectivity index (χ2v) is 4.88. The van der Waals surface area contributed by atoms with Gasteiger partial charge < -0.3 is 23.7 Å². The fourth-order valence-electron chi connectivity index (χ4n) is 2.08. The quantitative estimate of drug-likeness (QED) is 0.311. The molecule has 0 amide bonds. The highest BCUT2D eigenvalue weighted by atomic mass is 16.5. The molecule has 1 rings (SSSR count). The van der Waals surface area contributed by atoms with Crippen molar-refractivity contribution in [3.63, 3.8) is 0 Å². The summed E-state index contributed by atoms with van der Waals surface area (Å²) in [6.07, 6.45) is 4.90. The van der Waals surface area contributed by atoms with Crippen molar-refractivity contribution >= 4 is 12.0 Å². The number of benzene rings is 1. The number of rotatable bonds is 8. The Labute approximate surface area is 148 Å². The van der Waals surface area contributed by atoms with Crippen LogP contribution in [0.4, 0.5) is 0 Å². The number of allylic oxidation sites excluding steroid dienone is 2. The molecule has 0 fully saturated rings. The maximum absolute atomic E-state index is 11.4. The minimum atomic E-state index is -0.504. The Hall–Kier alpha value is -2.89. The van der Waals surface area contributed by atoms with Crippen LogP contribution in [-0.2, 0) is 19.0 Å². The highest BCUT2D eigenvalue weighted by molar-refractivity contribution is 5.83. The fraction of sp³-hybridized carbons (Fsp3) is 0.316. The molecule has 0 heterocycles. The van der Waals surface area contributed by atoms with Crippen molar-refractivity contribution in [1.29, 1.82) is 0 Å². The van der Waals surface area contributed by atoms with Crippen molar-refractivity contribution in [1.82, 2.24) is 0 Å². The van der Waals surface area contributed by atoms with E-state index in [9.17, 15) is 4.79 Å². The van der Waals surface area contributed by atoms with Gasteiger partial charge in [0.1, 0.15) is 11.5 Å². The van der Waals surface area contributed by atoms with Gasteiger partial charge in [-0.25, -0.2) is 4.79 Å². The zero-order valence-corrected chi connectivity index (χ0v) is 15.4. The zero-order chi connectivity index (χ0) is 18.8. The summed E-state index contributed by atoms with van der Waals surface area (Å²) in [5.41, 5.74) is 1.56. The van der Waals surface area contributed by atoms with E-state index in [1.807, 2.05) is 24.3 Å². The third-order valence-electron chi connectivity index (χ3n) is 3.46. The third kappa shape index (κ3) is 5.60. The van der Waals surface area contributed by atoms with Gasteiger partial charge in [-0.1, -0.05) is 12.1 Å². The van der Waals surface area contributed by atoms with E-state index in [4.69, 9.17) is 18.9 Å². The van der Waals surface area contributed by atoms with E-state index in [2.05, 4.69) is 4.74 Å². The Morgan fingerprint density at radius 3 is 2.12 bits per heavy atom. The average molecular weight is 348 g/mol. The Kier molecular flexibility index (Phi) is 8.12.